The van der Waals surface area contributed by atoms with E-state index < -0.39 is 18.0 Å². The second kappa shape index (κ2) is 7.52. The van der Waals surface area contributed by atoms with Crippen LogP contribution in [0.4, 0.5) is 4.79 Å². The summed E-state index contributed by atoms with van der Waals surface area (Å²) in [6.07, 6.45) is 0.338. The molecule has 0 aliphatic rings. The normalized spacial score (nSPS) is 11.8. The first kappa shape index (κ1) is 16.2. The van der Waals surface area contributed by atoms with Crippen molar-refractivity contribution in [2.75, 3.05) is 20.6 Å². The quantitative estimate of drug-likeness (QED) is 0.619. The van der Waals surface area contributed by atoms with E-state index in [0.29, 0.717) is 6.42 Å². The van der Waals surface area contributed by atoms with Crippen molar-refractivity contribution in [2.45, 2.75) is 26.3 Å². The van der Waals surface area contributed by atoms with Gasteiger partial charge in [0.05, 0.1) is 6.54 Å². The van der Waals surface area contributed by atoms with E-state index in [2.05, 4.69) is 10.6 Å². The molecule has 0 aliphatic heterocycles. The maximum atomic E-state index is 11.4. The molecular weight excluding hydrogens is 238 g/mol. The molecule has 0 saturated carbocycles. The molecule has 7 heteroatoms. The maximum absolute atomic E-state index is 11.4. The van der Waals surface area contributed by atoms with Crippen LogP contribution in [0.15, 0.2) is 0 Å². The lowest BCUT2D eigenvalue weighted by Crippen LogP contribution is -2.48. The van der Waals surface area contributed by atoms with Gasteiger partial charge < -0.3 is 20.6 Å². The maximum Gasteiger partial charge on any atom is 0.326 e. The number of amides is 3. The predicted octanol–water partition coefficient (Wildman–Crippen LogP) is -0.127. The van der Waals surface area contributed by atoms with Gasteiger partial charge in [-0.2, -0.15) is 0 Å². The second-order valence-electron chi connectivity index (χ2n) is 4.64. The number of likely N-dealkylation sites (N-methyl/N-ethyl adjacent to an activating group) is 1. The summed E-state index contributed by atoms with van der Waals surface area (Å²) in [5.41, 5.74) is 0. The minimum absolute atomic E-state index is 0.148. The fourth-order valence-corrected chi connectivity index (χ4v) is 1.22. The van der Waals surface area contributed by atoms with E-state index >= 15 is 0 Å². The number of urea groups is 1. The average Bonchev–Trinajstić information content (AvgIpc) is 2.23. The fraction of sp³-hybridized carbons (Fsp3) is 0.727. The summed E-state index contributed by atoms with van der Waals surface area (Å²) in [4.78, 5) is 34.9. The molecule has 0 unspecified atom stereocenters. The largest absolute Gasteiger partial charge is 0.480 e. The number of aliphatic carboxylic acids is 1. The molecule has 3 N–H and O–H groups in total. The highest BCUT2D eigenvalue weighted by Gasteiger charge is 2.21. The van der Waals surface area contributed by atoms with Gasteiger partial charge in [-0.3, -0.25) is 4.79 Å². The van der Waals surface area contributed by atoms with E-state index in [1.807, 2.05) is 13.8 Å². The zero-order valence-corrected chi connectivity index (χ0v) is 11.2. The van der Waals surface area contributed by atoms with Crippen LogP contribution in [0.5, 0.6) is 0 Å². The van der Waals surface area contributed by atoms with Gasteiger partial charge in [-0.1, -0.05) is 13.8 Å². The molecule has 0 aromatic carbocycles. The Bertz CT molecular complexity index is 315. The number of carboxylic acid groups (broad SMARTS) is 1. The van der Waals surface area contributed by atoms with Crippen LogP contribution < -0.4 is 10.6 Å². The molecule has 0 heterocycles. The highest BCUT2D eigenvalue weighted by atomic mass is 16.4. The predicted molar refractivity (Wildman–Crippen MR) is 66.1 cm³/mol. The van der Waals surface area contributed by atoms with E-state index in [4.69, 9.17) is 5.11 Å². The van der Waals surface area contributed by atoms with Crippen LogP contribution >= 0.6 is 0 Å². The van der Waals surface area contributed by atoms with Gasteiger partial charge >= 0.3 is 12.0 Å². The number of nitrogens with zero attached hydrogens (tertiary/aromatic N) is 1. The van der Waals surface area contributed by atoms with Crippen molar-refractivity contribution in [1.82, 2.24) is 15.5 Å². The molecule has 0 aromatic heterocycles. The Balaban J connectivity index is 4.18. The van der Waals surface area contributed by atoms with E-state index in [-0.39, 0.29) is 18.4 Å². The molecule has 0 aromatic rings. The number of carbonyl (C=O) groups is 3. The molecule has 0 aliphatic carbocycles. The van der Waals surface area contributed by atoms with E-state index in [1.165, 1.54) is 4.90 Å². The van der Waals surface area contributed by atoms with Gasteiger partial charge in [-0.15, -0.1) is 0 Å². The molecule has 18 heavy (non-hydrogen) atoms. The zero-order valence-electron chi connectivity index (χ0n) is 11.2. The topological polar surface area (TPSA) is 98.7 Å². The van der Waals surface area contributed by atoms with Gasteiger partial charge in [0, 0.05) is 14.1 Å². The second-order valence-corrected chi connectivity index (χ2v) is 4.64. The summed E-state index contributed by atoms with van der Waals surface area (Å²) in [5, 5.41) is 13.6. The van der Waals surface area contributed by atoms with E-state index in [9.17, 15) is 14.4 Å². The number of rotatable bonds is 6. The van der Waals surface area contributed by atoms with Crippen LogP contribution in [0.25, 0.3) is 0 Å². The summed E-state index contributed by atoms with van der Waals surface area (Å²) in [6, 6.07) is -1.60. The summed E-state index contributed by atoms with van der Waals surface area (Å²) < 4.78 is 0. The molecule has 0 rings (SSSR count). The molecule has 0 saturated heterocycles. The highest BCUT2D eigenvalue weighted by molar-refractivity contribution is 5.86. The first-order valence-electron chi connectivity index (χ1n) is 5.71. The zero-order chi connectivity index (χ0) is 14.3. The molecule has 1 atom stereocenters. The number of nitrogens with one attached hydrogen (secondary N) is 2. The fourth-order valence-electron chi connectivity index (χ4n) is 1.22. The monoisotopic (exact) mass is 259 g/mol. The number of hydrogen-bond acceptors (Lipinski definition) is 3. The first-order chi connectivity index (χ1) is 8.23. The summed E-state index contributed by atoms with van der Waals surface area (Å²) in [7, 11) is 3.14. The third-order valence-electron chi connectivity index (χ3n) is 2.21. The molecule has 7 nitrogen and oxygen atoms in total. The Kier molecular flexibility index (Phi) is 6.77. The van der Waals surface area contributed by atoms with Crippen LogP contribution in [0.3, 0.4) is 0 Å². The molecule has 0 fully saturated rings. The Hall–Kier alpha value is -1.79. The third kappa shape index (κ3) is 6.72. The van der Waals surface area contributed by atoms with Gasteiger partial charge in [-0.25, -0.2) is 9.59 Å². The number of carboxylic acids is 1. The minimum atomic E-state index is -1.09. The number of hydrogen-bond donors (Lipinski definition) is 3. The average molecular weight is 259 g/mol. The van der Waals surface area contributed by atoms with Crippen LogP contribution in [-0.2, 0) is 9.59 Å². The Morgan fingerprint density at radius 2 is 1.78 bits per heavy atom. The Labute approximate surface area is 107 Å². The van der Waals surface area contributed by atoms with Crippen molar-refractivity contribution in [3.05, 3.63) is 0 Å². The SMILES string of the molecule is CC(C)C[C@@H](NC(=O)NCC(=O)N(C)C)C(=O)O. The molecule has 104 valence electrons. The van der Waals surface area contributed by atoms with Crippen LogP contribution in [0.2, 0.25) is 0 Å². The van der Waals surface area contributed by atoms with Gasteiger partial charge in [0.15, 0.2) is 0 Å². The lowest BCUT2D eigenvalue weighted by atomic mass is 10.0. The molecular formula is C11H21N3O4. The number of carbonyl (C=O) groups excluding carboxylic acids is 2. The van der Waals surface area contributed by atoms with Crippen LogP contribution in [0.1, 0.15) is 20.3 Å². The van der Waals surface area contributed by atoms with Crippen molar-refractivity contribution in [3.63, 3.8) is 0 Å². The first-order valence-corrected chi connectivity index (χ1v) is 5.71. The van der Waals surface area contributed by atoms with E-state index in [1.54, 1.807) is 14.1 Å². The van der Waals surface area contributed by atoms with Gasteiger partial charge in [0.1, 0.15) is 6.04 Å². The van der Waals surface area contributed by atoms with Crippen molar-refractivity contribution in [3.8, 4) is 0 Å². The Morgan fingerprint density at radius 3 is 2.17 bits per heavy atom. The van der Waals surface area contributed by atoms with Crippen molar-refractivity contribution in [2.24, 2.45) is 5.92 Å². The molecule has 0 spiro atoms. The smallest absolute Gasteiger partial charge is 0.326 e. The lowest BCUT2D eigenvalue weighted by molar-refractivity contribution is -0.139. The highest BCUT2D eigenvalue weighted by Crippen LogP contribution is 2.04. The summed E-state index contributed by atoms with van der Waals surface area (Å²) in [6.45, 7) is 3.57. The molecule has 0 radical (unpaired) electrons. The van der Waals surface area contributed by atoms with Crippen molar-refractivity contribution in [1.29, 1.82) is 0 Å². The molecule has 3 amide bonds. The standard InChI is InChI=1S/C11H21N3O4/c1-7(2)5-8(10(16)17)13-11(18)12-6-9(15)14(3)4/h7-8H,5-6H2,1-4H3,(H,16,17)(H2,12,13,18)/t8-/m1/s1. The van der Waals surface area contributed by atoms with Crippen LogP contribution in [-0.4, -0.2) is 54.6 Å². The van der Waals surface area contributed by atoms with Gasteiger partial charge in [0.25, 0.3) is 0 Å². The van der Waals surface area contributed by atoms with E-state index in [0.717, 1.165) is 0 Å². The van der Waals surface area contributed by atoms with Gasteiger partial charge in [-0.05, 0) is 12.3 Å². The minimum Gasteiger partial charge on any atom is -0.480 e. The van der Waals surface area contributed by atoms with Crippen LogP contribution in [0, 0.1) is 5.92 Å². The summed E-state index contributed by atoms with van der Waals surface area (Å²) >= 11 is 0. The van der Waals surface area contributed by atoms with Crippen molar-refractivity contribution < 1.29 is 19.5 Å². The Morgan fingerprint density at radius 1 is 1.22 bits per heavy atom. The summed E-state index contributed by atoms with van der Waals surface area (Å²) in [5.74, 6) is -1.20. The lowest BCUT2D eigenvalue weighted by Gasteiger charge is -2.17. The third-order valence-corrected chi connectivity index (χ3v) is 2.21. The van der Waals surface area contributed by atoms with Gasteiger partial charge in [0.2, 0.25) is 5.91 Å². The van der Waals surface area contributed by atoms with Crippen molar-refractivity contribution >= 4 is 17.9 Å². The molecule has 0 bridgehead atoms.